The summed E-state index contributed by atoms with van der Waals surface area (Å²) in [5.41, 5.74) is 8.47. The molecule has 0 radical (unpaired) electrons. The van der Waals surface area contributed by atoms with E-state index < -0.39 is 0 Å². The highest BCUT2D eigenvalue weighted by molar-refractivity contribution is 6.39. The Morgan fingerprint density at radius 1 is 0.446 bits per heavy atom. The molecule has 0 fully saturated rings. The zero-order valence-corrected chi connectivity index (χ0v) is 31.1. The van der Waals surface area contributed by atoms with Gasteiger partial charge in [-0.05, 0) is 102 Å². The quantitative estimate of drug-likeness (QED) is 0.159. The molecule has 0 N–H and O–H groups in total. The van der Waals surface area contributed by atoms with Gasteiger partial charge in [-0.2, -0.15) is 0 Å². The fourth-order valence-electron chi connectivity index (χ4n) is 9.77. The molecule has 0 spiro atoms. The van der Waals surface area contributed by atoms with Crippen molar-refractivity contribution >= 4 is 104 Å². The molecule has 0 unspecified atom stereocenters. The van der Waals surface area contributed by atoms with E-state index in [1.807, 2.05) is 0 Å². The highest BCUT2D eigenvalue weighted by atomic mass is 15.1. The summed E-state index contributed by atoms with van der Waals surface area (Å²) in [7, 11) is 0. The van der Waals surface area contributed by atoms with E-state index in [9.17, 15) is 0 Å². The van der Waals surface area contributed by atoms with E-state index in [1.54, 1.807) is 0 Å². The van der Waals surface area contributed by atoms with E-state index in [1.165, 1.54) is 109 Å². The van der Waals surface area contributed by atoms with Crippen molar-refractivity contribution in [1.82, 2.24) is 4.57 Å². The summed E-state index contributed by atoms with van der Waals surface area (Å²) >= 11 is 0. The van der Waals surface area contributed by atoms with Gasteiger partial charge >= 0.3 is 0 Å². The van der Waals surface area contributed by atoms with Gasteiger partial charge < -0.3 is 0 Å². The van der Waals surface area contributed by atoms with Crippen LogP contribution >= 0.6 is 0 Å². The third-order valence-corrected chi connectivity index (χ3v) is 12.4. The third-order valence-electron chi connectivity index (χ3n) is 12.4. The molecule has 0 atom stereocenters. The zero-order chi connectivity index (χ0) is 36.9. The van der Waals surface area contributed by atoms with Crippen LogP contribution in [0.1, 0.15) is 24.5 Å². The highest BCUT2D eigenvalue weighted by Crippen LogP contribution is 2.46. The van der Waals surface area contributed by atoms with Gasteiger partial charge in [0.2, 0.25) is 0 Å². The summed E-state index contributed by atoms with van der Waals surface area (Å²) in [6, 6.07) is 65.2. The lowest BCUT2D eigenvalue weighted by atomic mass is 9.91. The number of nitrogens with zero attached hydrogens (tertiary/aromatic N) is 2. The minimum absolute atomic E-state index is 0.839. The Labute approximate surface area is 324 Å². The molecule has 10 aromatic carbocycles. The van der Waals surface area contributed by atoms with Crippen LogP contribution < -0.4 is 0 Å². The van der Waals surface area contributed by atoms with Gasteiger partial charge in [0.25, 0.3) is 0 Å². The van der Waals surface area contributed by atoms with E-state index in [4.69, 9.17) is 4.99 Å². The molecule has 0 amide bonds. The SMILES string of the molecule is CCC1=C(c2ccc3ccccc3c2)C(n2c3cc4ccccc4cc3c3c4c5ccccc5c5ccccc5c4ccc32)=Nc2c(ccc3ccccc23)C1. The Morgan fingerprint density at radius 3 is 1.75 bits per heavy atom. The van der Waals surface area contributed by atoms with Crippen molar-refractivity contribution in [2.45, 2.75) is 19.8 Å². The van der Waals surface area contributed by atoms with Crippen molar-refractivity contribution in [2.75, 3.05) is 0 Å². The van der Waals surface area contributed by atoms with Crippen molar-refractivity contribution < 1.29 is 0 Å². The Hall–Kier alpha value is -7.03. The maximum atomic E-state index is 5.94. The second-order valence-electron chi connectivity index (χ2n) is 15.3. The zero-order valence-electron chi connectivity index (χ0n) is 31.1. The fourth-order valence-corrected chi connectivity index (χ4v) is 9.77. The first kappa shape index (κ1) is 31.3. The molecule has 2 nitrogen and oxygen atoms in total. The first-order chi connectivity index (χ1) is 27.7. The first-order valence-corrected chi connectivity index (χ1v) is 19.7. The maximum absolute atomic E-state index is 5.94. The van der Waals surface area contributed by atoms with Crippen LogP contribution in [-0.2, 0) is 6.42 Å². The van der Waals surface area contributed by atoms with Gasteiger partial charge in [-0.3, -0.25) is 4.57 Å². The van der Waals surface area contributed by atoms with Crippen molar-refractivity contribution in [3.05, 3.63) is 193 Å². The minimum Gasteiger partial charge on any atom is -0.293 e. The van der Waals surface area contributed by atoms with Crippen LogP contribution in [0.25, 0.3) is 92.0 Å². The Bertz CT molecular complexity index is 3510. The van der Waals surface area contributed by atoms with Crippen LogP contribution in [-0.4, -0.2) is 10.4 Å². The topological polar surface area (TPSA) is 17.3 Å². The Balaban J connectivity index is 1.31. The molecule has 0 saturated heterocycles. The number of fused-ring (bicyclic) bond motifs is 15. The van der Waals surface area contributed by atoms with Gasteiger partial charge in [0, 0.05) is 27.1 Å². The minimum atomic E-state index is 0.839. The second-order valence-corrected chi connectivity index (χ2v) is 15.3. The third kappa shape index (κ3) is 4.47. The van der Waals surface area contributed by atoms with Gasteiger partial charge in [-0.25, -0.2) is 4.99 Å². The number of aliphatic imine (C=N–C) groups is 1. The van der Waals surface area contributed by atoms with Crippen LogP contribution in [0, 0.1) is 0 Å². The van der Waals surface area contributed by atoms with Gasteiger partial charge in [0.05, 0.1) is 16.7 Å². The summed E-state index contributed by atoms with van der Waals surface area (Å²) in [6.45, 7) is 2.31. The molecule has 2 heterocycles. The predicted molar refractivity (Wildman–Crippen MR) is 241 cm³/mol. The number of benzene rings is 10. The lowest BCUT2D eigenvalue weighted by Gasteiger charge is -2.19. The van der Waals surface area contributed by atoms with Crippen LogP contribution in [0.5, 0.6) is 0 Å². The molecule has 1 aromatic heterocycles. The Morgan fingerprint density at radius 2 is 1.02 bits per heavy atom. The molecule has 0 bridgehead atoms. The summed E-state index contributed by atoms with van der Waals surface area (Å²) in [4.78, 5) is 5.94. The van der Waals surface area contributed by atoms with E-state index in [-0.39, 0.29) is 0 Å². The summed E-state index contributed by atoms with van der Waals surface area (Å²) in [6.07, 6.45) is 1.75. The monoisotopic (exact) mass is 712 g/mol. The van der Waals surface area contributed by atoms with Crippen LogP contribution in [0.2, 0.25) is 0 Å². The van der Waals surface area contributed by atoms with Crippen LogP contribution in [0.4, 0.5) is 5.69 Å². The van der Waals surface area contributed by atoms with Crippen molar-refractivity contribution in [3.8, 4) is 0 Å². The van der Waals surface area contributed by atoms with Crippen LogP contribution in [0.3, 0.4) is 0 Å². The lowest BCUT2D eigenvalue weighted by molar-refractivity contribution is 1.02. The van der Waals surface area contributed by atoms with Gasteiger partial charge in [-0.15, -0.1) is 0 Å². The van der Waals surface area contributed by atoms with E-state index in [0.717, 1.165) is 24.4 Å². The molecule has 0 aliphatic carbocycles. The second kappa shape index (κ2) is 12.0. The number of hydrogen-bond acceptors (Lipinski definition) is 1. The molecule has 2 heteroatoms. The standard InChI is InChI=1S/C54H36N2/c1-2-33-29-40-26-24-35-14-7-8-18-41(35)53(40)55-54(50(33)39-25-23-34-13-3-4-15-36(34)30-39)56-48-28-27-46-44-21-10-9-19-42(44)43-20-11-12-22-45(43)51(46)52(48)47-31-37-16-5-6-17-38(37)32-49(47)56/h3-28,30-32H,2,29H2,1H3. The summed E-state index contributed by atoms with van der Waals surface area (Å²) in [5.74, 6) is 0.979. The Kier molecular flexibility index (Phi) is 6.71. The smallest absolute Gasteiger partial charge is 0.146 e. The molecule has 1 aliphatic heterocycles. The number of allylic oxidation sites excluding steroid dienone is 2. The number of rotatable bonds is 2. The van der Waals surface area contributed by atoms with Crippen molar-refractivity contribution in [1.29, 1.82) is 0 Å². The van der Waals surface area contributed by atoms with Crippen LogP contribution in [0.15, 0.2) is 186 Å². The fraction of sp³-hybridized carbons (Fsp3) is 0.0556. The maximum Gasteiger partial charge on any atom is 0.146 e. The summed E-state index contributed by atoms with van der Waals surface area (Å²) < 4.78 is 2.51. The molecule has 262 valence electrons. The van der Waals surface area contributed by atoms with E-state index in [2.05, 4.69) is 187 Å². The van der Waals surface area contributed by atoms with Crippen molar-refractivity contribution in [2.24, 2.45) is 4.99 Å². The average Bonchev–Trinajstić information content (AvgIpc) is 3.47. The molecule has 12 rings (SSSR count). The largest absolute Gasteiger partial charge is 0.293 e. The van der Waals surface area contributed by atoms with E-state index in [0.29, 0.717) is 0 Å². The average molecular weight is 713 g/mol. The lowest BCUT2D eigenvalue weighted by Crippen LogP contribution is -2.15. The molecule has 0 saturated carbocycles. The highest BCUT2D eigenvalue weighted by Gasteiger charge is 2.27. The molecular formula is C54H36N2. The number of aromatic nitrogens is 1. The predicted octanol–water partition coefficient (Wildman–Crippen LogP) is 14.7. The van der Waals surface area contributed by atoms with Gasteiger partial charge in [0.1, 0.15) is 5.84 Å². The van der Waals surface area contributed by atoms with Gasteiger partial charge in [0.15, 0.2) is 0 Å². The normalized spacial score (nSPS) is 13.5. The van der Waals surface area contributed by atoms with E-state index >= 15 is 0 Å². The number of hydrogen-bond donors (Lipinski definition) is 0. The first-order valence-electron chi connectivity index (χ1n) is 19.7. The molecule has 11 aromatic rings. The summed E-state index contributed by atoms with van der Waals surface area (Å²) in [5, 5.41) is 17.5. The molecule has 1 aliphatic rings. The van der Waals surface area contributed by atoms with Crippen molar-refractivity contribution in [3.63, 3.8) is 0 Å². The molecule has 56 heavy (non-hydrogen) atoms. The van der Waals surface area contributed by atoms with Gasteiger partial charge in [-0.1, -0.05) is 164 Å². The molecular weight excluding hydrogens is 677 g/mol.